The normalized spacial score (nSPS) is 11.1. The summed E-state index contributed by atoms with van der Waals surface area (Å²) in [4.78, 5) is 12.0. The van der Waals surface area contributed by atoms with Crippen molar-refractivity contribution in [3.05, 3.63) is 71.4 Å². The number of rotatable bonds is 7. The van der Waals surface area contributed by atoms with Gasteiger partial charge in [0.25, 0.3) is 0 Å². The molecule has 2 heterocycles. The van der Waals surface area contributed by atoms with Gasteiger partial charge in [-0.3, -0.25) is 4.79 Å². The second-order valence-corrected chi connectivity index (χ2v) is 5.41. The predicted octanol–water partition coefficient (Wildman–Crippen LogP) is 3.12. The Hall–Kier alpha value is -3.49. The van der Waals surface area contributed by atoms with E-state index < -0.39 is 11.9 Å². The molecule has 1 aromatic carbocycles. The highest BCUT2D eigenvalue weighted by atomic mass is 19.1. The number of ether oxygens (including phenoxy) is 1. The fraction of sp³-hybridized carbons (Fsp3) is 0.167. The van der Waals surface area contributed by atoms with Crippen LogP contribution in [0.2, 0.25) is 0 Å². The summed E-state index contributed by atoms with van der Waals surface area (Å²) in [5.41, 5.74) is 2.40. The van der Waals surface area contributed by atoms with Crippen LogP contribution < -0.4 is 10.2 Å². The summed E-state index contributed by atoms with van der Waals surface area (Å²) in [6, 6.07) is 8.57. The Labute approximate surface area is 153 Å². The van der Waals surface area contributed by atoms with Crippen molar-refractivity contribution in [2.24, 2.45) is 5.10 Å². The SMILES string of the molecule is CCn1ncc(/C=N\NC(=O)c2ccc(COc3ccc(F)cc3)o2)c1F. The summed E-state index contributed by atoms with van der Waals surface area (Å²) in [7, 11) is 0. The van der Waals surface area contributed by atoms with Crippen molar-refractivity contribution in [3.63, 3.8) is 0 Å². The summed E-state index contributed by atoms with van der Waals surface area (Å²) in [6.07, 6.45) is 2.47. The predicted molar refractivity (Wildman–Crippen MR) is 92.4 cm³/mol. The maximum Gasteiger partial charge on any atom is 0.307 e. The molecule has 0 aliphatic heterocycles. The standard InChI is InChI=1S/C18H16F2N4O3/c1-2-24-17(20)12(10-22-24)9-21-23-18(25)16-8-7-15(27-16)11-26-14-5-3-13(19)4-6-14/h3-10H,2,11H2,1H3,(H,23,25)/b21-9-. The Bertz CT molecular complexity index is 948. The number of nitrogens with zero attached hydrogens (tertiary/aromatic N) is 3. The number of furan rings is 1. The van der Waals surface area contributed by atoms with Crippen LogP contribution in [0.15, 0.2) is 52.1 Å². The van der Waals surface area contributed by atoms with Crippen LogP contribution in [0.25, 0.3) is 0 Å². The van der Waals surface area contributed by atoms with Crippen LogP contribution in [0.5, 0.6) is 5.75 Å². The van der Waals surface area contributed by atoms with Gasteiger partial charge < -0.3 is 9.15 Å². The molecule has 0 saturated heterocycles. The molecule has 3 aromatic rings. The molecule has 27 heavy (non-hydrogen) atoms. The number of amides is 1. The molecule has 0 aliphatic carbocycles. The zero-order valence-corrected chi connectivity index (χ0v) is 14.4. The average Bonchev–Trinajstić information content (AvgIpc) is 3.28. The molecule has 0 bridgehead atoms. The largest absolute Gasteiger partial charge is 0.486 e. The molecule has 140 valence electrons. The van der Waals surface area contributed by atoms with Crippen molar-refractivity contribution in [1.29, 1.82) is 0 Å². The van der Waals surface area contributed by atoms with Crippen molar-refractivity contribution >= 4 is 12.1 Å². The molecular weight excluding hydrogens is 358 g/mol. The summed E-state index contributed by atoms with van der Waals surface area (Å²) in [5.74, 6) is -0.588. The lowest BCUT2D eigenvalue weighted by Gasteiger charge is -2.03. The number of aryl methyl sites for hydroxylation is 1. The number of hydrazone groups is 1. The molecule has 0 aliphatic rings. The highest BCUT2D eigenvalue weighted by molar-refractivity contribution is 5.92. The lowest BCUT2D eigenvalue weighted by Crippen LogP contribution is -2.16. The van der Waals surface area contributed by atoms with Gasteiger partial charge in [-0.1, -0.05) is 0 Å². The third-order valence-corrected chi connectivity index (χ3v) is 3.55. The Kier molecular flexibility index (Phi) is 5.60. The molecule has 1 N–H and O–H groups in total. The van der Waals surface area contributed by atoms with E-state index in [1.54, 1.807) is 13.0 Å². The van der Waals surface area contributed by atoms with Gasteiger partial charge in [-0.05, 0) is 43.3 Å². The molecule has 0 spiro atoms. The smallest absolute Gasteiger partial charge is 0.307 e. The molecule has 0 fully saturated rings. The van der Waals surface area contributed by atoms with E-state index in [4.69, 9.17) is 9.15 Å². The molecule has 0 saturated carbocycles. The summed E-state index contributed by atoms with van der Waals surface area (Å²) in [6.45, 7) is 2.22. The minimum absolute atomic E-state index is 0.0228. The van der Waals surface area contributed by atoms with Crippen molar-refractivity contribution in [3.8, 4) is 5.75 Å². The number of hydrogen-bond acceptors (Lipinski definition) is 5. The lowest BCUT2D eigenvalue weighted by atomic mass is 10.3. The topological polar surface area (TPSA) is 81.7 Å². The average molecular weight is 374 g/mol. The van der Waals surface area contributed by atoms with Gasteiger partial charge in [-0.25, -0.2) is 14.5 Å². The van der Waals surface area contributed by atoms with Crippen molar-refractivity contribution in [1.82, 2.24) is 15.2 Å². The van der Waals surface area contributed by atoms with E-state index in [0.717, 1.165) is 6.21 Å². The van der Waals surface area contributed by atoms with Gasteiger partial charge >= 0.3 is 5.91 Å². The molecule has 1 amide bonds. The van der Waals surface area contributed by atoms with Crippen LogP contribution in [0, 0.1) is 11.8 Å². The third kappa shape index (κ3) is 4.57. The highest BCUT2D eigenvalue weighted by Gasteiger charge is 2.11. The Morgan fingerprint density at radius 1 is 1.30 bits per heavy atom. The van der Waals surface area contributed by atoms with Crippen molar-refractivity contribution in [2.45, 2.75) is 20.1 Å². The van der Waals surface area contributed by atoms with Crippen molar-refractivity contribution < 1.29 is 22.7 Å². The van der Waals surface area contributed by atoms with Gasteiger partial charge in [0.1, 0.15) is 23.9 Å². The number of halogens is 2. The first-order valence-electron chi connectivity index (χ1n) is 8.08. The van der Waals surface area contributed by atoms with E-state index in [0.29, 0.717) is 18.1 Å². The fourth-order valence-corrected chi connectivity index (χ4v) is 2.17. The fourth-order valence-electron chi connectivity index (χ4n) is 2.17. The minimum Gasteiger partial charge on any atom is -0.486 e. The van der Waals surface area contributed by atoms with Crippen LogP contribution in [-0.4, -0.2) is 21.9 Å². The van der Waals surface area contributed by atoms with Gasteiger partial charge in [-0.15, -0.1) is 0 Å². The van der Waals surface area contributed by atoms with E-state index in [9.17, 15) is 13.6 Å². The third-order valence-electron chi connectivity index (χ3n) is 3.55. The summed E-state index contributed by atoms with van der Waals surface area (Å²) in [5, 5.41) is 7.52. The molecule has 3 rings (SSSR count). The monoisotopic (exact) mass is 374 g/mol. The van der Waals surface area contributed by atoms with Crippen LogP contribution in [0.4, 0.5) is 8.78 Å². The molecule has 9 heteroatoms. The number of carbonyl (C=O) groups excluding carboxylic acids is 1. The molecular formula is C18H16F2N4O3. The van der Waals surface area contributed by atoms with E-state index >= 15 is 0 Å². The maximum absolute atomic E-state index is 13.8. The Morgan fingerprint density at radius 2 is 2.07 bits per heavy atom. The van der Waals surface area contributed by atoms with Gasteiger partial charge in [0, 0.05) is 6.54 Å². The van der Waals surface area contributed by atoms with E-state index in [1.165, 1.54) is 41.2 Å². The second-order valence-electron chi connectivity index (χ2n) is 5.41. The van der Waals surface area contributed by atoms with Crippen LogP contribution in [0.1, 0.15) is 28.8 Å². The van der Waals surface area contributed by atoms with Crippen LogP contribution in [-0.2, 0) is 13.2 Å². The van der Waals surface area contributed by atoms with E-state index in [1.807, 2.05) is 0 Å². The molecule has 0 atom stereocenters. The Balaban J connectivity index is 1.54. The summed E-state index contributed by atoms with van der Waals surface area (Å²) >= 11 is 0. The quantitative estimate of drug-likeness (QED) is 0.509. The highest BCUT2D eigenvalue weighted by Crippen LogP contribution is 2.15. The zero-order chi connectivity index (χ0) is 19.2. The van der Waals surface area contributed by atoms with Crippen LogP contribution >= 0.6 is 0 Å². The molecule has 2 aromatic heterocycles. The number of benzene rings is 1. The number of hydrogen-bond donors (Lipinski definition) is 1. The molecule has 7 nitrogen and oxygen atoms in total. The van der Waals surface area contributed by atoms with Crippen molar-refractivity contribution in [2.75, 3.05) is 0 Å². The van der Waals surface area contributed by atoms with E-state index in [2.05, 4.69) is 15.6 Å². The zero-order valence-electron chi connectivity index (χ0n) is 14.4. The summed E-state index contributed by atoms with van der Waals surface area (Å²) < 4.78 is 38.6. The number of aromatic nitrogens is 2. The van der Waals surface area contributed by atoms with Gasteiger partial charge in [0.05, 0.1) is 18.0 Å². The number of carbonyl (C=O) groups is 1. The molecule has 0 radical (unpaired) electrons. The second kappa shape index (κ2) is 8.26. The van der Waals surface area contributed by atoms with Gasteiger partial charge in [0.15, 0.2) is 5.76 Å². The first kappa shape index (κ1) is 18.3. The minimum atomic E-state index is -0.595. The number of nitrogens with one attached hydrogen (secondary N) is 1. The van der Waals surface area contributed by atoms with Gasteiger partial charge in [-0.2, -0.15) is 14.6 Å². The lowest BCUT2D eigenvalue weighted by molar-refractivity contribution is 0.0923. The molecule has 0 unspecified atom stereocenters. The van der Waals surface area contributed by atoms with Gasteiger partial charge in [0.2, 0.25) is 5.95 Å². The first-order chi connectivity index (χ1) is 13.1. The maximum atomic E-state index is 13.8. The first-order valence-corrected chi connectivity index (χ1v) is 8.08. The van der Waals surface area contributed by atoms with E-state index in [-0.39, 0.29) is 23.7 Å². The van der Waals surface area contributed by atoms with Crippen LogP contribution in [0.3, 0.4) is 0 Å². The Morgan fingerprint density at radius 3 is 2.78 bits per heavy atom.